The second kappa shape index (κ2) is 16.0. The van der Waals surface area contributed by atoms with Crippen molar-refractivity contribution in [2.75, 3.05) is 34.2 Å². The molecular weight excluding hydrogens is 404 g/mol. The molecule has 168 valence electrons. The molecule has 11 nitrogen and oxygen atoms in total. The Bertz CT molecular complexity index is 813. The van der Waals surface area contributed by atoms with Gasteiger partial charge in [0.15, 0.2) is 5.57 Å². The van der Waals surface area contributed by atoms with Crippen LogP contribution in [0.5, 0.6) is 0 Å². The third kappa shape index (κ3) is 13.9. The molecule has 0 aliphatic heterocycles. The van der Waals surface area contributed by atoms with Gasteiger partial charge in [-0.2, -0.15) is 10.5 Å². The summed E-state index contributed by atoms with van der Waals surface area (Å²) in [5.41, 5.74) is 0.0597. The van der Waals surface area contributed by atoms with Crippen LogP contribution in [0, 0.1) is 22.7 Å². The fraction of sp³-hybridized carbons (Fsp3) is 0.400. The third-order valence-corrected chi connectivity index (χ3v) is 3.41. The molecule has 1 aromatic heterocycles. The Morgan fingerprint density at radius 1 is 1.10 bits per heavy atom. The molecule has 0 amide bonds. The summed E-state index contributed by atoms with van der Waals surface area (Å²) in [7, 11) is 5.69. The van der Waals surface area contributed by atoms with Crippen molar-refractivity contribution in [3.63, 3.8) is 0 Å². The topological polar surface area (TPSA) is 175 Å². The minimum absolute atomic E-state index is 0.0597. The molecule has 0 radical (unpaired) electrons. The number of carboxylic acids is 2. The maximum absolute atomic E-state index is 9.55. The molecule has 0 aliphatic rings. The molecule has 1 aromatic rings. The number of nitrogens with zero attached hydrogens (tertiary/aromatic N) is 3. The molecule has 0 unspecified atom stereocenters. The highest BCUT2D eigenvalue weighted by molar-refractivity contribution is 5.89. The number of rotatable bonds is 12. The number of carbonyl (C=O) groups is 2. The highest BCUT2D eigenvalue weighted by Crippen LogP contribution is 2.09. The first-order valence-corrected chi connectivity index (χ1v) is 9.26. The molecule has 31 heavy (non-hydrogen) atoms. The molecule has 0 aromatic carbocycles. The van der Waals surface area contributed by atoms with Gasteiger partial charge in [0.05, 0.1) is 13.1 Å². The fourth-order valence-corrected chi connectivity index (χ4v) is 2.13. The maximum atomic E-state index is 9.55. The first-order valence-electron chi connectivity index (χ1n) is 9.26. The summed E-state index contributed by atoms with van der Waals surface area (Å²) in [5.74, 6) is -0.172. The third-order valence-electron chi connectivity index (χ3n) is 3.41. The van der Waals surface area contributed by atoms with E-state index in [1.54, 1.807) is 7.05 Å². The molecule has 0 saturated carbocycles. The summed E-state index contributed by atoms with van der Waals surface area (Å²) in [5, 5.41) is 42.4. The Hall–Kier alpha value is -3.80. The zero-order valence-electron chi connectivity index (χ0n) is 17.8. The van der Waals surface area contributed by atoms with Crippen LogP contribution < -0.4 is 16.0 Å². The zero-order valence-corrected chi connectivity index (χ0v) is 17.8. The Balaban J connectivity index is 0.000000954. The first kappa shape index (κ1) is 27.2. The second-order valence-corrected chi connectivity index (χ2v) is 6.30. The summed E-state index contributed by atoms with van der Waals surface area (Å²) in [6.07, 6.45) is 1.98. The van der Waals surface area contributed by atoms with Gasteiger partial charge in [-0.1, -0.05) is 0 Å². The van der Waals surface area contributed by atoms with Gasteiger partial charge in [0, 0.05) is 25.7 Å². The molecule has 0 atom stereocenters. The zero-order chi connectivity index (χ0) is 23.6. The van der Waals surface area contributed by atoms with Crippen LogP contribution in [0.1, 0.15) is 17.9 Å². The van der Waals surface area contributed by atoms with Crippen LogP contribution in [0.15, 0.2) is 40.1 Å². The van der Waals surface area contributed by atoms with Gasteiger partial charge >= 0.3 is 11.9 Å². The van der Waals surface area contributed by atoms with E-state index < -0.39 is 11.9 Å². The van der Waals surface area contributed by atoms with Gasteiger partial charge < -0.3 is 35.5 Å². The van der Waals surface area contributed by atoms with Gasteiger partial charge in [-0.05, 0) is 39.2 Å². The van der Waals surface area contributed by atoms with Crippen molar-refractivity contribution in [2.45, 2.75) is 19.5 Å². The van der Waals surface area contributed by atoms with Crippen LogP contribution in [0.3, 0.4) is 0 Å². The van der Waals surface area contributed by atoms with Crippen LogP contribution in [-0.4, -0.2) is 61.3 Å². The van der Waals surface area contributed by atoms with Gasteiger partial charge in [0.2, 0.25) is 0 Å². The molecule has 0 saturated heterocycles. The molecule has 11 heteroatoms. The summed E-state index contributed by atoms with van der Waals surface area (Å²) in [6, 6.07) is 7.69. The van der Waals surface area contributed by atoms with Gasteiger partial charge in [-0.15, -0.1) is 0 Å². The summed E-state index contributed by atoms with van der Waals surface area (Å²) < 4.78 is 5.71. The number of hydrogen-bond donors (Lipinski definition) is 5. The summed E-state index contributed by atoms with van der Waals surface area (Å²) in [4.78, 5) is 21.2. The van der Waals surface area contributed by atoms with E-state index in [-0.39, 0.29) is 5.57 Å². The smallest absolute Gasteiger partial charge is 0.328 e. The van der Waals surface area contributed by atoms with E-state index in [2.05, 4.69) is 20.9 Å². The lowest BCUT2D eigenvalue weighted by molar-refractivity contribution is -0.134. The van der Waals surface area contributed by atoms with Crippen molar-refractivity contribution in [1.29, 1.82) is 10.5 Å². The van der Waals surface area contributed by atoms with Gasteiger partial charge in [-0.25, -0.2) is 9.59 Å². The molecule has 0 fully saturated rings. The minimum Gasteiger partial charge on any atom is -0.478 e. The summed E-state index contributed by atoms with van der Waals surface area (Å²) in [6.45, 7) is 2.95. The van der Waals surface area contributed by atoms with E-state index in [0.717, 1.165) is 31.0 Å². The van der Waals surface area contributed by atoms with E-state index in [1.165, 1.54) is 0 Å². The number of aliphatic carboxylic acids is 2. The van der Waals surface area contributed by atoms with E-state index in [1.807, 2.05) is 38.4 Å². The van der Waals surface area contributed by atoms with Gasteiger partial charge in [0.25, 0.3) is 0 Å². The number of nitriles is 2. The predicted octanol–water partition coefficient (Wildman–Crippen LogP) is 0.600. The first-order chi connectivity index (χ1) is 14.7. The quantitative estimate of drug-likeness (QED) is 0.178. The minimum atomic E-state index is -1.26. The lowest BCUT2D eigenvalue weighted by Gasteiger charge is -2.10. The number of hydrogen-bond acceptors (Lipinski definition) is 9. The average Bonchev–Trinajstić information content (AvgIpc) is 3.15. The molecule has 1 heterocycles. The highest BCUT2D eigenvalue weighted by atomic mass is 16.4. The Labute approximate surface area is 181 Å². The number of carboxylic acid groups (broad SMARTS) is 2. The van der Waals surface area contributed by atoms with Crippen LogP contribution in [0.25, 0.3) is 0 Å². The van der Waals surface area contributed by atoms with Crippen LogP contribution in [-0.2, 0) is 22.7 Å². The lowest BCUT2D eigenvalue weighted by atomic mass is 10.3. The Morgan fingerprint density at radius 2 is 1.68 bits per heavy atom. The van der Waals surface area contributed by atoms with Crippen molar-refractivity contribution in [3.8, 4) is 12.1 Å². The lowest BCUT2D eigenvalue weighted by Crippen LogP contribution is -2.28. The molecular formula is C20H28N6O5. The normalized spacial score (nSPS) is 9.87. The monoisotopic (exact) mass is 432 g/mol. The number of allylic oxidation sites excluding steroid dienone is 1. The van der Waals surface area contributed by atoms with E-state index >= 15 is 0 Å². The van der Waals surface area contributed by atoms with Crippen molar-refractivity contribution in [2.24, 2.45) is 0 Å². The largest absolute Gasteiger partial charge is 0.478 e. The molecule has 0 bridgehead atoms. The standard InChI is InChI=1S/C16H24N6O.C4H4O4/c1-19-16(13(9-17)10-18)21-8-4-7-20-11-14-5-6-15(23-14)12-22(2)3;5-3(6)1-2-4(7)8/h5-6,19-21H,4,7-8,11-12H2,1-3H3;1-2H,(H,5,6)(H,7,8). The number of nitrogens with one attached hydrogen (secondary N) is 3. The Morgan fingerprint density at radius 3 is 2.16 bits per heavy atom. The number of furan rings is 1. The van der Waals surface area contributed by atoms with Crippen molar-refractivity contribution < 1.29 is 24.2 Å². The van der Waals surface area contributed by atoms with E-state index in [4.69, 9.17) is 25.2 Å². The van der Waals surface area contributed by atoms with Crippen LogP contribution >= 0.6 is 0 Å². The Kier molecular flexibility index (Phi) is 14.1. The molecule has 5 N–H and O–H groups in total. The van der Waals surface area contributed by atoms with Crippen molar-refractivity contribution in [1.82, 2.24) is 20.9 Å². The maximum Gasteiger partial charge on any atom is 0.328 e. The van der Waals surface area contributed by atoms with E-state index in [0.29, 0.717) is 31.1 Å². The van der Waals surface area contributed by atoms with Crippen molar-refractivity contribution in [3.05, 3.63) is 47.2 Å². The highest BCUT2D eigenvalue weighted by Gasteiger charge is 2.04. The van der Waals surface area contributed by atoms with Crippen molar-refractivity contribution >= 4 is 11.9 Å². The average molecular weight is 432 g/mol. The molecule has 0 aliphatic carbocycles. The fourth-order valence-electron chi connectivity index (χ4n) is 2.13. The van der Waals surface area contributed by atoms with E-state index in [9.17, 15) is 9.59 Å². The van der Waals surface area contributed by atoms with Gasteiger partial charge in [0.1, 0.15) is 29.5 Å². The molecule has 0 spiro atoms. The predicted molar refractivity (Wildman–Crippen MR) is 112 cm³/mol. The van der Waals surface area contributed by atoms with Crippen LogP contribution in [0.4, 0.5) is 0 Å². The van der Waals surface area contributed by atoms with Crippen LogP contribution in [0.2, 0.25) is 0 Å². The SMILES string of the molecule is CNC(NCCCNCc1ccc(CN(C)C)o1)=C(C#N)C#N.O=C(O)C=CC(=O)O. The summed E-state index contributed by atoms with van der Waals surface area (Å²) >= 11 is 0. The second-order valence-electron chi connectivity index (χ2n) is 6.30. The molecule has 1 rings (SSSR count). The van der Waals surface area contributed by atoms with Gasteiger partial charge in [-0.3, -0.25) is 0 Å².